The third-order valence-corrected chi connectivity index (χ3v) is 9.75. The Morgan fingerprint density at radius 2 is 1.68 bits per heavy atom. The molecule has 2 unspecified atom stereocenters. The number of carbonyl (C=O) groups excluding carboxylic acids is 3. The lowest BCUT2D eigenvalue weighted by molar-refractivity contribution is -0.150. The number of aliphatic hydroxyl groups is 1. The second-order valence-corrected chi connectivity index (χ2v) is 12.7. The van der Waals surface area contributed by atoms with Crippen LogP contribution in [0.25, 0.3) is 0 Å². The molecule has 3 saturated heterocycles. The predicted octanol–water partition coefficient (Wildman–Crippen LogP) is 4.57. The van der Waals surface area contributed by atoms with Crippen LogP contribution in [0.5, 0.6) is 0 Å². The number of likely N-dealkylation sites (tertiary alicyclic amines) is 1. The van der Waals surface area contributed by atoms with Crippen molar-refractivity contribution in [2.45, 2.75) is 70.2 Å². The predicted molar refractivity (Wildman–Crippen MR) is 171 cm³/mol. The minimum absolute atomic E-state index is 0.00805. The summed E-state index contributed by atoms with van der Waals surface area (Å²) < 4.78 is 6.89. The third kappa shape index (κ3) is 5.28. The Balaban J connectivity index is 1.57. The van der Waals surface area contributed by atoms with E-state index in [4.69, 9.17) is 4.74 Å². The first kappa shape index (κ1) is 31.7. The average Bonchev–Trinajstić information content (AvgIpc) is 3.57. The number of unbranched alkanes of at least 4 members (excludes halogenated alkanes) is 1. The van der Waals surface area contributed by atoms with E-state index in [1.165, 1.54) is 0 Å². The Kier molecular flexibility index (Phi) is 9.14. The molecule has 1 spiro atoms. The van der Waals surface area contributed by atoms with Gasteiger partial charge in [0.15, 0.2) is 0 Å². The second-order valence-electron chi connectivity index (χ2n) is 12.7. The van der Waals surface area contributed by atoms with Gasteiger partial charge in [-0.25, -0.2) is 0 Å². The number of hydrogen-bond donors (Lipinski definition) is 1. The molecule has 234 valence electrons. The summed E-state index contributed by atoms with van der Waals surface area (Å²) >= 11 is 0. The lowest BCUT2D eigenvalue weighted by Gasteiger charge is -2.37. The lowest BCUT2D eigenvalue weighted by atomic mass is 9.66. The molecule has 5 atom stereocenters. The van der Waals surface area contributed by atoms with Crippen molar-refractivity contribution >= 4 is 23.4 Å². The highest BCUT2D eigenvalue weighted by atomic mass is 16.5. The summed E-state index contributed by atoms with van der Waals surface area (Å²) in [7, 11) is 0. The first-order chi connectivity index (χ1) is 21.1. The number of hydrogen-bond acceptors (Lipinski definition) is 5. The molecule has 44 heavy (non-hydrogen) atoms. The van der Waals surface area contributed by atoms with Crippen LogP contribution in [0, 0.1) is 25.7 Å². The highest BCUT2D eigenvalue weighted by Crippen LogP contribution is 2.63. The molecule has 3 aliphatic rings. The van der Waals surface area contributed by atoms with Crippen LogP contribution in [0.4, 0.5) is 5.69 Å². The number of fused-ring (bicyclic) bond motifs is 1. The van der Waals surface area contributed by atoms with E-state index in [9.17, 15) is 19.5 Å². The van der Waals surface area contributed by atoms with Gasteiger partial charge < -0.3 is 24.5 Å². The molecule has 2 aromatic carbocycles. The van der Waals surface area contributed by atoms with Gasteiger partial charge in [-0.2, -0.15) is 0 Å². The number of nitrogens with zero attached hydrogens (tertiary/aromatic N) is 3. The summed E-state index contributed by atoms with van der Waals surface area (Å²) in [4.78, 5) is 49.0. The van der Waals surface area contributed by atoms with E-state index in [0.29, 0.717) is 45.3 Å². The topological polar surface area (TPSA) is 90.4 Å². The maximum absolute atomic E-state index is 14.9. The second kappa shape index (κ2) is 12.7. The Labute approximate surface area is 261 Å². The number of ether oxygens (including phenoxy) is 1. The van der Waals surface area contributed by atoms with Gasteiger partial charge in [-0.3, -0.25) is 14.4 Å². The normalized spacial score (nSPS) is 26.9. The van der Waals surface area contributed by atoms with Crippen molar-refractivity contribution in [3.8, 4) is 0 Å². The molecule has 0 aliphatic carbocycles. The Bertz CT molecular complexity index is 1410. The van der Waals surface area contributed by atoms with Crippen LogP contribution in [-0.4, -0.2) is 76.1 Å². The van der Waals surface area contributed by atoms with Crippen molar-refractivity contribution in [3.05, 3.63) is 90.5 Å². The van der Waals surface area contributed by atoms with E-state index in [1.807, 2.05) is 69.3 Å². The summed E-state index contributed by atoms with van der Waals surface area (Å²) in [6, 6.07) is 14.8. The minimum atomic E-state index is -1.13. The number of benzene rings is 2. The van der Waals surface area contributed by atoms with Crippen LogP contribution in [-0.2, 0) is 25.7 Å². The van der Waals surface area contributed by atoms with Gasteiger partial charge >= 0.3 is 0 Å². The zero-order chi connectivity index (χ0) is 31.6. The fourth-order valence-electron chi connectivity index (χ4n) is 7.90. The summed E-state index contributed by atoms with van der Waals surface area (Å²) in [5, 5.41) is 9.52. The monoisotopic (exact) mass is 599 g/mol. The summed E-state index contributed by atoms with van der Waals surface area (Å²) in [6.07, 6.45) is 5.51. The van der Waals surface area contributed by atoms with E-state index < -0.39 is 29.1 Å². The fraction of sp³-hybridized carbons (Fsp3) is 0.472. The summed E-state index contributed by atoms with van der Waals surface area (Å²) in [5.41, 5.74) is 1.66. The molecule has 3 heterocycles. The van der Waals surface area contributed by atoms with Crippen LogP contribution in [0.1, 0.15) is 49.3 Å². The number of rotatable bonds is 13. The molecule has 8 heteroatoms. The van der Waals surface area contributed by atoms with Crippen molar-refractivity contribution in [2.24, 2.45) is 11.8 Å². The van der Waals surface area contributed by atoms with Gasteiger partial charge in [-0.1, -0.05) is 60.7 Å². The molecule has 8 nitrogen and oxygen atoms in total. The highest BCUT2D eigenvalue weighted by molar-refractivity contribution is 6.05. The van der Waals surface area contributed by atoms with Gasteiger partial charge in [-0.15, -0.1) is 13.2 Å². The minimum Gasteiger partial charge on any atom is -0.396 e. The number of carbonyl (C=O) groups is 3. The van der Waals surface area contributed by atoms with Crippen LogP contribution in [0.15, 0.2) is 73.8 Å². The van der Waals surface area contributed by atoms with Gasteiger partial charge in [0.2, 0.25) is 11.8 Å². The molecule has 2 aromatic rings. The van der Waals surface area contributed by atoms with Crippen molar-refractivity contribution in [2.75, 3.05) is 31.1 Å². The van der Waals surface area contributed by atoms with Gasteiger partial charge in [0.25, 0.3) is 5.91 Å². The van der Waals surface area contributed by atoms with Gasteiger partial charge in [0.1, 0.15) is 11.6 Å². The maximum Gasteiger partial charge on any atom is 0.253 e. The zero-order valence-electron chi connectivity index (χ0n) is 26.2. The Morgan fingerprint density at radius 1 is 1.00 bits per heavy atom. The van der Waals surface area contributed by atoms with E-state index >= 15 is 0 Å². The average molecular weight is 600 g/mol. The molecule has 0 saturated carbocycles. The number of para-hydroxylation sites is 1. The highest BCUT2D eigenvalue weighted by Gasteiger charge is 2.78. The number of aliphatic hydroxyl groups excluding tert-OH is 1. The first-order valence-electron chi connectivity index (χ1n) is 15.7. The number of aryl methyl sites for hydroxylation is 2. The maximum atomic E-state index is 14.9. The molecule has 5 rings (SSSR count). The van der Waals surface area contributed by atoms with Crippen LogP contribution in [0.3, 0.4) is 0 Å². The molecule has 3 aliphatic heterocycles. The van der Waals surface area contributed by atoms with Gasteiger partial charge in [0.05, 0.1) is 17.4 Å². The molecule has 0 aromatic heterocycles. The molecule has 1 N–H and O–H groups in total. The summed E-state index contributed by atoms with van der Waals surface area (Å²) in [6.45, 7) is 15.0. The van der Waals surface area contributed by atoms with Crippen molar-refractivity contribution in [1.29, 1.82) is 0 Å². The zero-order valence-corrected chi connectivity index (χ0v) is 26.2. The smallest absolute Gasteiger partial charge is 0.253 e. The SMILES string of the molecule is C=CCN(Cc1ccccc1)C(=O)[C@@H]1[C@H]2C(=O)N(CCCCO)C(C(=O)N(CC=C)c3c(C)cccc3C)C23CC[C@@]1(C)O3. The molecule has 0 radical (unpaired) electrons. The van der Waals surface area contributed by atoms with Crippen LogP contribution in [0.2, 0.25) is 0 Å². The van der Waals surface area contributed by atoms with Gasteiger partial charge in [0, 0.05) is 38.5 Å². The Morgan fingerprint density at radius 3 is 2.32 bits per heavy atom. The number of anilines is 1. The molecule has 3 fully saturated rings. The van der Waals surface area contributed by atoms with Crippen molar-refractivity contribution in [1.82, 2.24) is 9.80 Å². The molecular weight excluding hydrogens is 554 g/mol. The van der Waals surface area contributed by atoms with E-state index in [2.05, 4.69) is 13.2 Å². The fourth-order valence-corrected chi connectivity index (χ4v) is 7.90. The molecule has 2 bridgehead atoms. The standard InChI is InChI=1S/C36H45N3O5/c1-6-20-37(24-27-16-9-8-10-17-27)32(41)28-29-33(42)39(22-11-12-23-40)31(36(29)19-18-35(28,5)44-36)34(43)38(21-7-2)30-25(3)14-13-15-26(30)4/h6-10,13-17,28-29,31,40H,1-2,11-12,18-24H2,3-5H3/t28-,29-,31?,35+,36?/m0/s1. The largest absolute Gasteiger partial charge is 0.396 e. The van der Waals surface area contributed by atoms with E-state index in [-0.39, 0.29) is 30.9 Å². The van der Waals surface area contributed by atoms with Crippen molar-refractivity contribution < 1.29 is 24.2 Å². The Hall–Kier alpha value is -3.75. The lowest BCUT2D eigenvalue weighted by Crippen LogP contribution is -2.57. The quantitative estimate of drug-likeness (QED) is 0.269. The van der Waals surface area contributed by atoms with Crippen LogP contribution >= 0.6 is 0 Å². The van der Waals surface area contributed by atoms with Crippen molar-refractivity contribution in [3.63, 3.8) is 0 Å². The van der Waals surface area contributed by atoms with E-state index in [1.54, 1.807) is 26.9 Å². The first-order valence-corrected chi connectivity index (χ1v) is 15.7. The molecule has 3 amide bonds. The number of amides is 3. The van der Waals surface area contributed by atoms with Crippen LogP contribution < -0.4 is 4.90 Å². The third-order valence-electron chi connectivity index (χ3n) is 9.75. The summed E-state index contributed by atoms with van der Waals surface area (Å²) in [5.74, 6) is -2.13. The van der Waals surface area contributed by atoms with Gasteiger partial charge in [-0.05, 0) is 63.1 Å². The molecular formula is C36H45N3O5. The van der Waals surface area contributed by atoms with E-state index in [0.717, 1.165) is 22.4 Å².